The molecule has 30 heavy (non-hydrogen) atoms. The van der Waals surface area contributed by atoms with Gasteiger partial charge in [-0.1, -0.05) is 42.5 Å². The normalized spacial score (nSPS) is 16.0. The molecule has 162 valence electrons. The summed E-state index contributed by atoms with van der Waals surface area (Å²) in [6.07, 6.45) is 8.05. The number of unbranched alkanes of at least 4 members (excludes halogenated alkanes) is 2. The molecule has 4 nitrogen and oxygen atoms in total. The SMILES string of the molecule is COC[C@@H]1CCCN1C(=O)CCc1ccc(OCCCCCc2ccccc2)cc1. The molecule has 0 unspecified atom stereocenters. The Kier molecular flexibility index (Phi) is 9.23. The van der Waals surface area contributed by atoms with Crippen LogP contribution in [0.1, 0.15) is 49.7 Å². The van der Waals surface area contributed by atoms with Crippen molar-refractivity contribution in [2.75, 3.05) is 26.9 Å². The number of nitrogens with zero attached hydrogens (tertiary/aromatic N) is 1. The number of methoxy groups -OCH3 is 1. The predicted octanol–water partition coefficient (Wildman–Crippen LogP) is 5.05. The smallest absolute Gasteiger partial charge is 0.223 e. The standard InChI is InChI=1S/C26H35NO3/c1-29-21-24-12-8-19-27(24)26(28)18-15-23-13-16-25(17-14-23)30-20-7-3-6-11-22-9-4-2-5-10-22/h2,4-5,9-10,13-14,16-17,24H,3,6-8,11-12,15,18-21H2,1H3/t24-/m0/s1. The van der Waals surface area contributed by atoms with E-state index in [0.29, 0.717) is 13.0 Å². The van der Waals surface area contributed by atoms with Crippen LogP contribution in [-0.4, -0.2) is 43.7 Å². The van der Waals surface area contributed by atoms with Crippen LogP contribution in [-0.2, 0) is 22.4 Å². The molecule has 4 heteroatoms. The first-order valence-electron chi connectivity index (χ1n) is 11.3. The fraction of sp³-hybridized carbons (Fsp3) is 0.500. The number of carbonyl (C=O) groups excluding carboxylic acids is 1. The summed E-state index contributed by atoms with van der Waals surface area (Å²) in [5.41, 5.74) is 2.59. The highest BCUT2D eigenvalue weighted by molar-refractivity contribution is 5.77. The largest absolute Gasteiger partial charge is 0.494 e. The first-order valence-corrected chi connectivity index (χ1v) is 11.3. The zero-order chi connectivity index (χ0) is 21.0. The molecule has 1 atom stereocenters. The molecule has 0 saturated carbocycles. The minimum absolute atomic E-state index is 0.241. The molecule has 2 aromatic carbocycles. The topological polar surface area (TPSA) is 38.8 Å². The predicted molar refractivity (Wildman–Crippen MR) is 121 cm³/mol. The maximum absolute atomic E-state index is 12.5. The Labute approximate surface area is 181 Å². The molecular formula is C26H35NO3. The molecule has 0 bridgehead atoms. The highest BCUT2D eigenvalue weighted by Crippen LogP contribution is 2.20. The summed E-state index contributed by atoms with van der Waals surface area (Å²) >= 11 is 0. The first-order chi connectivity index (χ1) is 14.8. The maximum atomic E-state index is 12.5. The monoisotopic (exact) mass is 409 g/mol. The lowest BCUT2D eigenvalue weighted by Gasteiger charge is -2.24. The Morgan fingerprint density at radius 1 is 0.967 bits per heavy atom. The van der Waals surface area contributed by atoms with Gasteiger partial charge in [-0.15, -0.1) is 0 Å². The van der Waals surface area contributed by atoms with Crippen LogP contribution in [0.2, 0.25) is 0 Å². The van der Waals surface area contributed by atoms with Gasteiger partial charge in [0.2, 0.25) is 5.91 Å². The van der Waals surface area contributed by atoms with E-state index in [-0.39, 0.29) is 11.9 Å². The minimum atomic E-state index is 0.241. The Morgan fingerprint density at radius 2 is 1.73 bits per heavy atom. The quantitative estimate of drug-likeness (QED) is 0.461. The number of hydrogen-bond donors (Lipinski definition) is 0. The second-order valence-electron chi connectivity index (χ2n) is 8.13. The van der Waals surface area contributed by atoms with Gasteiger partial charge in [0.05, 0.1) is 19.3 Å². The van der Waals surface area contributed by atoms with Crippen LogP contribution in [0.5, 0.6) is 5.75 Å². The van der Waals surface area contributed by atoms with Gasteiger partial charge in [0.1, 0.15) is 5.75 Å². The van der Waals surface area contributed by atoms with Crippen molar-refractivity contribution in [3.05, 3.63) is 65.7 Å². The van der Waals surface area contributed by atoms with Crippen LogP contribution < -0.4 is 4.74 Å². The Bertz CT molecular complexity index is 745. The Morgan fingerprint density at radius 3 is 2.50 bits per heavy atom. The second-order valence-corrected chi connectivity index (χ2v) is 8.13. The highest BCUT2D eigenvalue weighted by atomic mass is 16.5. The van der Waals surface area contributed by atoms with Crippen molar-refractivity contribution in [2.24, 2.45) is 0 Å². The number of ether oxygens (including phenoxy) is 2. The molecule has 0 radical (unpaired) electrons. The lowest BCUT2D eigenvalue weighted by atomic mass is 10.1. The van der Waals surface area contributed by atoms with Crippen LogP contribution in [0.15, 0.2) is 54.6 Å². The Hall–Kier alpha value is -2.33. The van der Waals surface area contributed by atoms with Gasteiger partial charge in [-0.2, -0.15) is 0 Å². The van der Waals surface area contributed by atoms with Crippen molar-refractivity contribution in [2.45, 2.75) is 57.4 Å². The van der Waals surface area contributed by atoms with E-state index in [9.17, 15) is 4.79 Å². The van der Waals surface area contributed by atoms with E-state index in [0.717, 1.165) is 51.0 Å². The van der Waals surface area contributed by atoms with E-state index in [1.165, 1.54) is 24.0 Å². The Balaban J connectivity index is 1.30. The van der Waals surface area contributed by atoms with Crippen molar-refractivity contribution < 1.29 is 14.3 Å². The fourth-order valence-electron chi connectivity index (χ4n) is 4.12. The molecule has 3 rings (SSSR count). The lowest BCUT2D eigenvalue weighted by molar-refractivity contribution is -0.132. The van der Waals surface area contributed by atoms with Crippen LogP contribution in [0.25, 0.3) is 0 Å². The number of amides is 1. The number of hydrogen-bond acceptors (Lipinski definition) is 3. The second kappa shape index (κ2) is 12.4. The van der Waals surface area contributed by atoms with Gasteiger partial charge in [0.15, 0.2) is 0 Å². The van der Waals surface area contributed by atoms with Crippen LogP contribution in [0.3, 0.4) is 0 Å². The summed E-state index contributed by atoms with van der Waals surface area (Å²) < 4.78 is 11.1. The van der Waals surface area contributed by atoms with Gasteiger partial charge in [-0.3, -0.25) is 4.79 Å². The molecule has 0 spiro atoms. The molecular weight excluding hydrogens is 374 g/mol. The third kappa shape index (κ3) is 7.17. The molecule has 1 saturated heterocycles. The molecule has 1 aliphatic heterocycles. The van der Waals surface area contributed by atoms with E-state index in [1.54, 1.807) is 7.11 Å². The van der Waals surface area contributed by atoms with Crippen molar-refractivity contribution in [3.8, 4) is 5.75 Å². The van der Waals surface area contributed by atoms with Crippen molar-refractivity contribution in [3.63, 3.8) is 0 Å². The average molecular weight is 410 g/mol. The molecule has 1 heterocycles. The number of carbonyl (C=O) groups is 1. The van der Waals surface area contributed by atoms with E-state index < -0.39 is 0 Å². The number of likely N-dealkylation sites (tertiary alicyclic amines) is 1. The number of rotatable bonds is 12. The lowest BCUT2D eigenvalue weighted by Crippen LogP contribution is -2.38. The van der Waals surface area contributed by atoms with Crippen LogP contribution in [0, 0.1) is 0 Å². The van der Waals surface area contributed by atoms with E-state index >= 15 is 0 Å². The molecule has 0 aromatic heterocycles. The highest BCUT2D eigenvalue weighted by Gasteiger charge is 2.27. The van der Waals surface area contributed by atoms with E-state index in [1.807, 2.05) is 17.0 Å². The summed E-state index contributed by atoms with van der Waals surface area (Å²) in [6, 6.07) is 19.1. The minimum Gasteiger partial charge on any atom is -0.494 e. The molecule has 1 amide bonds. The summed E-state index contributed by atoms with van der Waals surface area (Å²) in [5, 5.41) is 0. The first kappa shape index (κ1) is 22.4. The third-order valence-corrected chi connectivity index (χ3v) is 5.83. The number of aryl methyl sites for hydroxylation is 2. The van der Waals surface area contributed by atoms with E-state index in [4.69, 9.17) is 9.47 Å². The summed E-state index contributed by atoms with van der Waals surface area (Å²) in [7, 11) is 1.70. The van der Waals surface area contributed by atoms with Gasteiger partial charge < -0.3 is 14.4 Å². The van der Waals surface area contributed by atoms with Crippen molar-refractivity contribution in [1.82, 2.24) is 4.90 Å². The fourth-order valence-corrected chi connectivity index (χ4v) is 4.12. The molecule has 0 N–H and O–H groups in total. The molecule has 1 aliphatic rings. The van der Waals surface area contributed by atoms with Gasteiger partial charge in [-0.05, 0) is 68.2 Å². The molecule has 2 aromatic rings. The molecule has 1 fully saturated rings. The van der Waals surface area contributed by atoms with Crippen molar-refractivity contribution >= 4 is 5.91 Å². The van der Waals surface area contributed by atoms with Gasteiger partial charge in [0, 0.05) is 20.1 Å². The van der Waals surface area contributed by atoms with Crippen LogP contribution >= 0.6 is 0 Å². The summed E-state index contributed by atoms with van der Waals surface area (Å²) in [6.45, 7) is 2.26. The number of benzene rings is 2. The summed E-state index contributed by atoms with van der Waals surface area (Å²) in [5.74, 6) is 1.15. The van der Waals surface area contributed by atoms with Gasteiger partial charge in [-0.25, -0.2) is 0 Å². The zero-order valence-corrected chi connectivity index (χ0v) is 18.2. The van der Waals surface area contributed by atoms with Crippen LogP contribution in [0.4, 0.5) is 0 Å². The van der Waals surface area contributed by atoms with Crippen molar-refractivity contribution in [1.29, 1.82) is 0 Å². The van der Waals surface area contributed by atoms with Gasteiger partial charge in [0.25, 0.3) is 0 Å². The maximum Gasteiger partial charge on any atom is 0.223 e. The zero-order valence-electron chi connectivity index (χ0n) is 18.2. The molecule has 0 aliphatic carbocycles. The third-order valence-electron chi connectivity index (χ3n) is 5.83. The van der Waals surface area contributed by atoms with Gasteiger partial charge >= 0.3 is 0 Å². The summed E-state index contributed by atoms with van der Waals surface area (Å²) in [4.78, 5) is 14.5. The van der Waals surface area contributed by atoms with E-state index in [2.05, 4.69) is 42.5 Å². The average Bonchev–Trinajstić information content (AvgIpc) is 3.25.